The number of rotatable bonds is 5. The Morgan fingerprint density at radius 3 is 2.70 bits per heavy atom. The van der Waals surface area contributed by atoms with E-state index in [1.54, 1.807) is 0 Å². The molecule has 0 spiro atoms. The van der Waals surface area contributed by atoms with Crippen LogP contribution in [0.4, 0.5) is 0 Å². The summed E-state index contributed by atoms with van der Waals surface area (Å²) in [7, 11) is 0. The lowest BCUT2D eigenvalue weighted by Gasteiger charge is -2.41. The first-order chi connectivity index (χ1) is 16.2. The van der Waals surface area contributed by atoms with Crippen molar-refractivity contribution in [2.45, 2.75) is 52.1 Å². The van der Waals surface area contributed by atoms with E-state index in [1.165, 1.54) is 38.9 Å². The molecule has 0 radical (unpaired) electrons. The molecule has 0 fully saturated rings. The third kappa shape index (κ3) is 3.54. The molecule has 168 valence electrons. The molecule has 0 bridgehead atoms. The molecule has 33 heavy (non-hydrogen) atoms. The number of hydrogen-bond acceptors (Lipinski definition) is 3. The van der Waals surface area contributed by atoms with Crippen LogP contribution in [0.3, 0.4) is 0 Å². The second-order valence-corrected chi connectivity index (χ2v) is 9.28. The van der Waals surface area contributed by atoms with E-state index < -0.39 is 0 Å². The number of aliphatic hydroxyl groups excluding tert-OH is 1. The number of aliphatic hydroxyl groups is 1. The lowest BCUT2D eigenvalue weighted by Crippen LogP contribution is -2.39. The monoisotopic (exact) mass is 438 g/mol. The van der Waals surface area contributed by atoms with Gasteiger partial charge in [0.1, 0.15) is 19.1 Å². The maximum atomic E-state index is 10.2. The standard InChI is InChI=1S/C29H30N2O2/c1-2-20-8-11-27-25(14-20)26-16-28-24-10-9-23(33-18-21-6-4-3-5-7-21)15-22(24)12-13-30(28)17-29(26)31(27)19-32/h3-11,14-15,28,32H,2,12-13,16-19H2,1H3. The maximum Gasteiger partial charge on any atom is 0.120 e. The van der Waals surface area contributed by atoms with Crippen molar-refractivity contribution in [3.63, 3.8) is 0 Å². The number of ether oxygens (including phenoxy) is 1. The van der Waals surface area contributed by atoms with Gasteiger partial charge in [0, 0.05) is 30.2 Å². The number of benzene rings is 3. The van der Waals surface area contributed by atoms with Crippen molar-refractivity contribution >= 4 is 10.9 Å². The molecule has 0 saturated carbocycles. The molecule has 4 aromatic rings. The van der Waals surface area contributed by atoms with Crippen LogP contribution in [0.15, 0.2) is 66.7 Å². The number of aromatic nitrogens is 1. The fourth-order valence-electron chi connectivity index (χ4n) is 5.70. The maximum absolute atomic E-state index is 10.2. The quantitative estimate of drug-likeness (QED) is 0.454. The predicted octanol–water partition coefficient (Wildman–Crippen LogP) is 5.39. The van der Waals surface area contributed by atoms with Gasteiger partial charge in [-0.25, -0.2) is 0 Å². The Balaban J connectivity index is 1.32. The van der Waals surface area contributed by atoms with Crippen LogP contribution in [-0.2, 0) is 39.1 Å². The molecule has 1 aromatic heterocycles. The number of fused-ring (bicyclic) bond motifs is 6. The molecule has 2 aliphatic rings. The highest BCUT2D eigenvalue weighted by Gasteiger charge is 2.35. The van der Waals surface area contributed by atoms with Gasteiger partial charge in [-0.05, 0) is 71.3 Å². The number of aryl methyl sites for hydroxylation is 1. The Bertz CT molecular complexity index is 1310. The van der Waals surface area contributed by atoms with Crippen molar-refractivity contribution in [2.24, 2.45) is 0 Å². The van der Waals surface area contributed by atoms with E-state index in [-0.39, 0.29) is 6.73 Å². The summed E-state index contributed by atoms with van der Waals surface area (Å²) in [4.78, 5) is 2.58. The van der Waals surface area contributed by atoms with Crippen molar-refractivity contribution in [1.29, 1.82) is 0 Å². The lowest BCUT2D eigenvalue weighted by molar-refractivity contribution is 0.146. The van der Waals surface area contributed by atoms with E-state index in [9.17, 15) is 5.11 Å². The fourth-order valence-corrected chi connectivity index (χ4v) is 5.70. The lowest BCUT2D eigenvalue weighted by atomic mass is 9.85. The Kier molecular flexibility index (Phi) is 5.20. The van der Waals surface area contributed by atoms with Gasteiger partial charge in [0.2, 0.25) is 0 Å². The molecule has 0 aliphatic carbocycles. The van der Waals surface area contributed by atoms with Gasteiger partial charge in [-0.1, -0.05) is 49.4 Å². The third-order valence-electron chi connectivity index (χ3n) is 7.48. The van der Waals surface area contributed by atoms with E-state index >= 15 is 0 Å². The van der Waals surface area contributed by atoms with Crippen LogP contribution in [0.1, 0.15) is 46.5 Å². The average Bonchev–Trinajstić information content (AvgIpc) is 3.18. The first-order valence-corrected chi connectivity index (χ1v) is 12.0. The first-order valence-electron chi connectivity index (χ1n) is 12.0. The summed E-state index contributed by atoms with van der Waals surface area (Å²) in [5, 5.41) is 11.5. The Morgan fingerprint density at radius 2 is 1.88 bits per heavy atom. The summed E-state index contributed by atoms with van der Waals surface area (Å²) in [6.07, 6.45) is 3.05. The largest absolute Gasteiger partial charge is 0.489 e. The second kappa shape index (κ2) is 8.36. The molecule has 1 unspecified atom stereocenters. The minimum Gasteiger partial charge on any atom is -0.489 e. The van der Waals surface area contributed by atoms with Crippen molar-refractivity contribution in [2.75, 3.05) is 6.54 Å². The van der Waals surface area contributed by atoms with Crippen molar-refractivity contribution < 1.29 is 9.84 Å². The zero-order chi connectivity index (χ0) is 22.4. The number of nitrogens with zero attached hydrogens (tertiary/aromatic N) is 2. The average molecular weight is 439 g/mol. The molecule has 3 heterocycles. The Morgan fingerprint density at radius 1 is 1.00 bits per heavy atom. The van der Waals surface area contributed by atoms with Gasteiger partial charge in [-0.15, -0.1) is 0 Å². The van der Waals surface area contributed by atoms with Gasteiger partial charge >= 0.3 is 0 Å². The summed E-state index contributed by atoms with van der Waals surface area (Å²) in [6.45, 7) is 4.76. The van der Waals surface area contributed by atoms with E-state index in [4.69, 9.17) is 4.74 Å². The molecule has 4 heteroatoms. The minimum absolute atomic E-state index is 0.0362. The predicted molar refractivity (Wildman–Crippen MR) is 131 cm³/mol. The van der Waals surface area contributed by atoms with Gasteiger partial charge in [0.05, 0.1) is 5.52 Å². The highest BCUT2D eigenvalue weighted by atomic mass is 16.5. The van der Waals surface area contributed by atoms with Gasteiger partial charge in [0.25, 0.3) is 0 Å². The van der Waals surface area contributed by atoms with Crippen molar-refractivity contribution in [3.05, 3.63) is 100 Å². The van der Waals surface area contributed by atoms with Crippen LogP contribution in [0.25, 0.3) is 10.9 Å². The first kappa shape index (κ1) is 20.5. The molecule has 0 amide bonds. The zero-order valence-corrected chi connectivity index (χ0v) is 19.1. The topological polar surface area (TPSA) is 37.6 Å². The number of hydrogen-bond donors (Lipinski definition) is 1. The van der Waals surface area contributed by atoms with Crippen LogP contribution in [0.2, 0.25) is 0 Å². The van der Waals surface area contributed by atoms with Crippen molar-refractivity contribution in [1.82, 2.24) is 9.47 Å². The summed E-state index contributed by atoms with van der Waals surface area (Å²) in [5.41, 5.74) is 9.22. The molecule has 2 aliphatic heterocycles. The highest BCUT2D eigenvalue weighted by molar-refractivity contribution is 5.86. The molecule has 6 rings (SSSR count). The molecule has 4 nitrogen and oxygen atoms in total. The van der Waals surface area contributed by atoms with E-state index in [1.807, 2.05) is 6.07 Å². The van der Waals surface area contributed by atoms with Gasteiger partial charge in [-0.3, -0.25) is 4.90 Å². The third-order valence-corrected chi connectivity index (χ3v) is 7.48. The molecule has 0 saturated heterocycles. The minimum atomic E-state index is 0.0362. The molecular formula is C29H30N2O2. The van der Waals surface area contributed by atoms with E-state index in [0.29, 0.717) is 12.6 Å². The van der Waals surface area contributed by atoms with Gasteiger partial charge in [0.15, 0.2) is 0 Å². The second-order valence-electron chi connectivity index (χ2n) is 9.28. The normalized spacial score (nSPS) is 17.5. The zero-order valence-electron chi connectivity index (χ0n) is 19.1. The smallest absolute Gasteiger partial charge is 0.120 e. The van der Waals surface area contributed by atoms with Crippen LogP contribution >= 0.6 is 0 Å². The van der Waals surface area contributed by atoms with Gasteiger partial charge in [-0.2, -0.15) is 0 Å². The molecule has 1 N–H and O–H groups in total. The molecule has 3 aromatic carbocycles. The van der Waals surface area contributed by atoms with E-state index in [0.717, 1.165) is 43.6 Å². The molecular weight excluding hydrogens is 408 g/mol. The van der Waals surface area contributed by atoms with Crippen LogP contribution < -0.4 is 4.74 Å². The highest BCUT2D eigenvalue weighted by Crippen LogP contribution is 2.42. The van der Waals surface area contributed by atoms with E-state index in [2.05, 4.69) is 77.1 Å². The Hall–Kier alpha value is -3.08. The van der Waals surface area contributed by atoms with Crippen molar-refractivity contribution in [3.8, 4) is 5.75 Å². The fraction of sp³-hybridized carbons (Fsp3) is 0.310. The van der Waals surface area contributed by atoms with Crippen LogP contribution in [0, 0.1) is 0 Å². The van der Waals surface area contributed by atoms with Gasteiger partial charge < -0.3 is 14.4 Å². The Labute approximate surface area is 195 Å². The molecule has 1 atom stereocenters. The van der Waals surface area contributed by atoms with Crippen LogP contribution in [-0.4, -0.2) is 21.1 Å². The summed E-state index contributed by atoms with van der Waals surface area (Å²) in [6, 6.07) is 24.1. The summed E-state index contributed by atoms with van der Waals surface area (Å²) in [5.74, 6) is 0.951. The summed E-state index contributed by atoms with van der Waals surface area (Å²) >= 11 is 0. The SMILES string of the molecule is CCc1ccc2c(c1)c1c(n2CO)CN2CCc3cc(OCc4ccccc4)ccc3C2C1. The van der Waals surface area contributed by atoms with Crippen LogP contribution in [0.5, 0.6) is 5.75 Å². The summed E-state index contributed by atoms with van der Waals surface area (Å²) < 4.78 is 8.21.